The number of carbonyl (C=O) groups is 2. The molecule has 1 atom stereocenters. The molecule has 0 radical (unpaired) electrons. The van der Waals surface area contributed by atoms with Crippen LogP contribution in [0.2, 0.25) is 0 Å². The highest BCUT2D eigenvalue weighted by atomic mass is 31.2. The molecule has 1 aliphatic rings. The second-order valence-electron chi connectivity index (χ2n) is 9.57. The molecule has 1 fully saturated rings. The van der Waals surface area contributed by atoms with E-state index in [1.54, 1.807) is 39.5 Å². The molecule has 0 aromatic heterocycles. The first-order chi connectivity index (χ1) is 13.7. The third-order valence-corrected chi connectivity index (χ3v) is 6.92. The highest BCUT2D eigenvalue weighted by molar-refractivity contribution is 7.55. The van der Waals surface area contributed by atoms with Crippen molar-refractivity contribution < 1.29 is 32.7 Å². The van der Waals surface area contributed by atoms with Crippen LogP contribution in [0.1, 0.15) is 74.7 Å². The molecule has 0 N–H and O–H groups in total. The zero-order chi connectivity index (χ0) is 23.2. The molecule has 1 heterocycles. The molecule has 0 aliphatic carbocycles. The number of rotatable bonds is 8. The largest absolute Gasteiger partial charge is 0.459 e. The van der Waals surface area contributed by atoms with Crippen molar-refractivity contribution in [1.29, 1.82) is 0 Å². The first kappa shape index (κ1) is 26.9. The van der Waals surface area contributed by atoms with Crippen LogP contribution in [0.3, 0.4) is 0 Å². The van der Waals surface area contributed by atoms with Crippen molar-refractivity contribution in [2.75, 3.05) is 26.3 Å². The summed E-state index contributed by atoms with van der Waals surface area (Å²) in [6.07, 6.45) is 1.35. The van der Waals surface area contributed by atoms with E-state index in [0.717, 1.165) is 0 Å². The van der Waals surface area contributed by atoms with Crippen LogP contribution < -0.4 is 0 Å². The predicted molar refractivity (Wildman–Crippen MR) is 116 cm³/mol. The number of nitrogens with zero attached hydrogens (tertiary/aromatic N) is 1. The van der Waals surface area contributed by atoms with Gasteiger partial charge in [-0.3, -0.25) is 9.36 Å². The van der Waals surface area contributed by atoms with Crippen molar-refractivity contribution in [3.63, 3.8) is 0 Å². The topological polar surface area (TPSA) is 91.4 Å². The monoisotopic (exact) mass is 449 g/mol. The summed E-state index contributed by atoms with van der Waals surface area (Å²) in [4.78, 5) is 26.9. The third kappa shape index (κ3) is 8.94. The second-order valence-corrected chi connectivity index (χ2v) is 11.8. The zero-order valence-electron chi connectivity index (χ0n) is 19.9. The smallest absolute Gasteiger partial charge is 0.410 e. The Bertz CT molecular complexity index is 606. The van der Waals surface area contributed by atoms with Gasteiger partial charge in [-0.25, -0.2) is 4.79 Å². The van der Waals surface area contributed by atoms with E-state index in [1.807, 2.05) is 20.8 Å². The minimum Gasteiger partial charge on any atom is -0.459 e. The Morgan fingerprint density at radius 3 is 1.80 bits per heavy atom. The van der Waals surface area contributed by atoms with Crippen LogP contribution in [-0.4, -0.2) is 60.1 Å². The molecular formula is C21H40NO7P. The first-order valence-electron chi connectivity index (χ1n) is 10.8. The Morgan fingerprint density at radius 1 is 0.933 bits per heavy atom. The second kappa shape index (κ2) is 11.0. The van der Waals surface area contributed by atoms with Gasteiger partial charge in [-0.15, -0.1) is 0 Å². The summed E-state index contributed by atoms with van der Waals surface area (Å²) in [6, 6.07) is 0. The number of ether oxygens (including phenoxy) is 2. The lowest BCUT2D eigenvalue weighted by Gasteiger charge is -2.35. The van der Waals surface area contributed by atoms with Crippen LogP contribution in [0, 0.1) is 5.92 Å². The highest BCUT2D eigenvalue weighted by Crippen LogP contribution is 2.56. The van der Waals surface area contributed by atoms with Crippen LogP contribution in [0.15, 0.2) is 0 Å². The highest BCUT2D eigenvalue weighted by Gasteiger charge is 2.45. The average Bonchev–Trinajstić information content (AvgIpc) is 2.57. The maximum Gasteiger partial charge on any atom is 0.410 e. The van der Waals surface area contributed by atoms with E-state index in [9.17, 15) is 14.2 Å². The maximum atomic E-state index is 13.4. The summed E-state index contributed by atoms with van der Waals surface area (Å²) in [5.74, 6) is -0.474. The molecule has 1 saturated heterocycles. The number of piperidine rings is 1. The molecule has 1 aliphatic heterocycles. The van der Waals surface area contributed by atoms with Gasteiger partial charge in [0.2, 0.25) is 0 Å². The van der Waals surface area contributed by atoms with Gasteiger partial charge in [0.05, 0.1) is 13.2 Å². The van der Waals surface area contributed by atoms with Crippen molar-refractivity contribution in [3.8, 4) is 0 Å². The molecule has 0 saturated carbocycles. The normalized spacial score (nSPS) is 17.5. The molecule has 1 rings (SSSR count). The summed E-state index contributed by atoms with van der Waals surface area (Å²) >= 11 is 0. The van der Waals surface area contributed by atoms with Gasteiger partial charge in [-0.1, -0.05) is 0 Å². The Labute approximate surface area is 181 Å². The number of likely N-dealkylation sites (tertiary alicyclic amines) is 1. The molecule has 30 heavy (non-hydrogen) atoms. The number of hydrogen-bond acceptors (Lipinski definition) is 7. The lowest BCUT2D eigenvalue weighted by molar-refractivity contribution is -0.155. The standard InChI is InChI=1S/C21H40NO7P/c1-9-26-30(25,27-10-2)17(18(23)28-20(3,4)5)15-16-11-13-22(14-12-16)19(24)29-21(6,7)8/h16-17H,9-15H2,1-8H3. The van der Waals surface area contributed by atoms with Gasteiger partial charge in [-0.05, 0) is 80.6 Å². The molecule has 0 aromatic carbocycles. The summed E-state index contributed by atoms with van der Waals surface area (Å²) in [6.45, 7) is 15.7. The Kier molecular flexibility index (Phi) is 9.84. The van der Waals surface area contributed by atoms with E-state index in [1.165, 1.54) is 0 Å². The van der Waals surface area contributed by atoms with Gasteiger partial charge in [0.1, 0.15) is 11.2 Å². The van der Waals surface area contributed by atoms with Gasteiger partial charge in [-0.2, -0.15) is 0 Å². The van der Waals surface area contributed by atoms with Crippen LogP contribution in [0.25, 0.3) is 0 Å². The van der Waals surface area contributed by atoms with E-state index in [2.05, 4.69) is 0 Å². The third-order valence-electron chi connectivity index (χ3n) is 4.50. The Balaban J connectivity index is 2.89. The zero-order valence-corrected chi connectivity index (χ0v) is 20.8. The number of esters is 1. The summed E-state index contributed by atoms with van der Waals surface area (Å²) in [7, 11) is -3.68. The lowest BCUT2D eigenvalue weighted by Crippen LogP contribution is -2.42. The van der Waals surface area contributed by atoms with E-state index in [-0.39, 0.29) is 25.2 Å². The van der Waals surface area contributed by atoms with Gasteiger partial charge >= 0.3 is 19.7 Å². The van der Waals surface area contributed by atoms with Crippen molar-refractivity contribution in [2.45, 2.75) is 91.5 Å². The van der Waals surface area contributed by atoms with Crippen LogP contribution in [0.5, 0.6) is 0 Å². The number of amides is 1. The lowest BCUT2D eigenvalue weighted by atomic mass is 9.92. The molecule has 0 spiro atoms. The Hall–Kier alpha value is -1.11. The molecule has 1 amide bonds. The van der Waals surface area contributed by atoms with E-state index < -0.39 is 30.4 Å². The number of hydrogen-bond donors (Lipinski definition) is 0. The minimum absolute atomic E-state index is 0.0930. The molecule has 8 nitrogen and oxygen atoms in total. The van der Waals surface area contributed by atoms with Crippen molar-refractivity contribution in [3.05, 3.63) is 0 Å². The van der Waals surface area contributed by atoms with Crippen LogP contribution in [-0.2, 0) is 27.9 Å². The Morgan fingerprint density at radius 2 is 1.40 bits per heavy atom. The van der Waals surface area contributed by atoms with Gasteiger partial charge in [0.25, 0.3) is 0 Å². The van der Waals surface area contributed by atoms with Crippen molar-refractivity contribution in [1.82, 2.24) is 4.90 Å². The van der Waals surface area contributed by atoms with E-state index in [0.29, 0.717) is 32.4 Å². The average molecular weight is 450 g/mol. The van der Waals surface area contributed by atoms with Gasteiger partial charge in [0.15, 0.2) is 5.66 Å². The summed E-state index contributed by atoms with van der Waals surface area (Å²) in [5.41, 5.74) is -2.24. The fourth-order valence-electron chi connectivity index (χ4n) is 3.29. The molecule has 0 bridgehead atoms. The van der Waals surface area contributed by atoms with Crippen molar-refractivity contribution in [2.24, 2.45) is 5.92 Å². The quantitative estimate of drug-likeness (QED) is 0.380. The SMILES string of the molecule is CCOP(=O)(OCC)C(CC1CCN(C(=O)OC(C)(C)C)CC1)C(=O)OC(C)(C)C. The van der Waals surface area contributed by atoms with Crippen LogP contribution in [0.4, 0.5) is 4.79 Å². The van der Waals surface area contributed by atoms with Gasteiger partial charge in [0, 0.05) is 13.1 Å². The number of carbonyl (C=O) groups excluding carboxylic acids is 2. The summed E-state index contributed by atoms with van der Waals surface area (Å²) < 4.78 is 35.3. The maximum absolute atomic E-state index is 13.4. The molecule has 176 valence electrons. The molecule has 0 aromatic rings. The first-order valence-corrected chi connectivity index (χ1v) is 12.4. The predicted octanol–water partition coefficient (Wildman–Crippen LogP) is 5.00. The van der Waals surface area contributed by atoms with E-state index >= 15 is 0 Å². The molecule has 9 heteroatoms. The van der Waals surface area contributed by atoms with Crippen molar-refractivity contribution >= 4 is 19.7 Å². The van der Waals surface area contributed by atoms with Gasteiger partial charge < -0.3 is 23.4 Å². The minimum atomic E-state index is -3.68. The fourth-order valence-corrected chi connectivity index (χ4v) is 5.32. The molecule has 1 unspecified atom stereocenters. The molecular weight excluding hydrogens is 409 g/mol. The summed E-state index contributed by atoms with van der Waals surface area (Å²) in [5, 5.41) is 0. The fraction of sp³-hybridized carbons (Fsp3) is 0.905. The van der Waals surface area contributed by atoms with E-state index in [4.69, 9.17) is 18.5 Å². The van der Waals surface area contributed by atoms with Crippen LogP contribution >= 0.6 is 7.60 Å².